The van der Waals surface area contributed by atoms with Crippen molar-refractivity contribution in [1.29, 1.82) is 0 Å². The van der Waals surface area contributed by atoms with E-state index in [-0.39, 0.29) is 31.5 Å². The van der Waals surface area contributed by atoms with Gasteiger partial charge in [0.1, 0.15) is 11.6 Å². The molecule has 110 valence electrons. The number of amides is 2. The van der Waals surface area contributed by atoms with Crippen molar-refractivity contribution >= 4 is 12.0 Å². The zero-order valence-corrected chi connectivity index (χ0v) is 11.0. The number of nitrogens with zero attached hydrogens (tertiary/aromatic N) is 1. The smallest absolute Gasteiger partial charge is 0.317 e. The van der Waals surface area contributed by atoms with Gasteiger partial charge in [-0.25, -0.2) is 13.6 Å². The summed E-state index contributed by atoms with van der Waals surface area (Å²) in [7, 11) is 1.45. The van der Waals surface area contributed by atoms with Gasteiger partial charge in [0.05, 0.1) is 6.42 Å². The molecule has 0 radical (unpaired) electrons. The monoisotopic (exact) mass is 286 g/mol. The summed E-state index contributed by atoms with van der Waals surface area (Å²) in [4.78, 5) is 23.1. The van der Waals surface area contributed by atoms with E-state index in [1.54, 1.807) is 0 Å². The van der Waals surface area contributed by atoms with E-state index < -0.39 is 23.6 Å². The second-order valence-corrected chi connectivity index (χ2v) is 4.25. The molecule has 0 spiro atoms. The van der Waals surface area contributed by atoms with Crippen molar-refractivity contribution < 1.29 is 23.5 Å². The molecule has 0 aliphatic carbocycles. The molecule has 0 bridgehead atoms. The molecule has 0 atom stereocenters. The lowest BCUT2D eigenvalue weighted by Gasteiger charge is -2.17. The predicted octanol–water partition coefficient (Wildman–Crippen LogP) is 1.62. The van der Waals surface area contributed by atoms with E-state index in [0.29, 0.717) is 0 Å². The number of nitrogens with one attached hydrogen (secondary N) is 1. The molecule has 7 heteroatoms. The second-order valence-electron chi connectivity index (χ2n) is 4.25. The summed E-state index contributed by atoms with van der Waals surface area (Å²) in [6.45, 7) is 0.128. The Balaban J connectivity index is 2.40. The van der Waals surface area contributed by atoms with E-state index >= 15 is 0 Å². The first kappa shape index (κ1) is 15.9. The summed E-state index contributed by atoms with van der Waals surface area (Å²) >= 11 is 0. The molecule has 5 nitrogen and oxygen atoms in total. The Kier molecular flexibility index (Phi) is 5.89. The third kappa shape index (κ3) is 4.83. The summed E-state index contributed by atoms with van der Waals surface area (Å²) in [5, 5.41) is 11.0. The van der Waals surface area contributed by atoms with Crippen LogP contribution in [0.5, 0.6) is 0 Å². The van der Waals surface area contributed by atoms with Gasteiger partial charge in [-0.2, -0.15) is 0 Å². The molecule has 0 aromatic heterocycles. The molecule has 20 heavy (non-hydrogen) atoms. The molecule has 0 aliphatic rings. The summed E-state index contributed by atoms with van der Waals surface area (Å²) < 4.78 is 26.6. The van der Waals surface area contributed by atoms with E-state index in [0.717, 1.165) is 12.1 Å². The number of urea groups is 1. The topological polar surface area (TPSA) is 69.6 Å². The molecule has 0 saturated carbocycles. The fraction of sp³-hybridized carbons (Fsp3) is 0.385. The lowest BCUT2D eigenvalue weighted by Crippen LogP contribution is -2.39. The molecule has 1 aromatic carbocycles. The van der Waals surface area contributed by atoms with Gasteiger partial charge in [0.2, 0.25) is 0 Å². The molecule has 1 rings (SSSR count). The van der Waals surface area contributed by atoms with Crippen LogP contribution < -0.4 is 5.32 Å². The van der Waals surface area contributed by atoms with Crippen molar-refractivity contribution in [3.63, 3.8) is 0 Å². The number of rotatable bonds is 6. The molecule has 0 unspecified atom stereocenters. The van der Waals surface area contributed by atoms with E-state index in [1.165, 1.54) is 18.0 Å². The lowest BCUT2D eigenvalue weighted by molar-refractivity contribution is -0.137. The first-order valence-electron chi connectivity index (χ1n) is 6.05. The van der Waals surface area contributed by atoms with Crippen molar-refractivity contribution in [2.24, 2.45) is 0 Å². The van der Waals surface area contributed by atoms with Crippen LogP contribution in [-0.4, -0.2) is 42.1 Å². The van der Waals surface area contributed by atoms with E-state index in [9.17, 15) is 18.4 Å². The minimum absolute atomic E-state index is 0.0248. The Morgan fingerprint density at radius 2 is 1.90 bits per heavy atom. The summed E-state index contributed by atoms with van der Waals surface area (Å²) in [6.07, 6.45) is -0.136. The number of carbonyl (C=O) groups excluding carboxylic acids is 1. The largest absolute Gasteiger partial charge is 0.481 e. The zero-order valence-electron chi connectivity index (χ0n) is 11.0. The first-order valence-corrected chi connectivity index (χ1v) is 6.05. The third-order valence-corrected chi connectivity index (χ3v) is 2.72. The van der Waals surface area contributed by atoms with Crippen molar-refractivity contribution in [1.82, 2.24) is 10.2 Å². The van der Waals surface area contributed by atoms with Crippen LogP contribution in [-0.2, 0) is 11.2 Å². The van der Waals surface area contributed by atoms with Gasteiger partial charge >= 0.3 is 12.0 Å². The van der Waals surface area contributed by atoms with Gasteiger partial charge < -0.3 is 15.3 Å². The SMILES string of the molecule is CN(CCC(=O)O)C(=O)NCCc1c(F)cccc1F. The van der Waals surface area contributed by atoms with Crippen molar-refractivity contribution in [2.45, 2.75) is 12.8 Å². The minimum Gasteiger partial charge on any atom is -0.481 e. The molecule has 0 aliphatic heterocycles. The van der Waals surface area contributed by atoms with Crippen LogP contribution >= 0.6 is 0 Å². The molecule has 1 aromatic rings. The Labute approximate surface area is 115 Å². The van der Waals surface area contributed by atoms with E-state index in [1.807, 2.05) is 0 Å². The van der Waals surface area contributed by atoms with E-state index in [2.05, 4.69) is 5.32 Å². The standard InChI is InChI=1S/C13H16F2N2O3/c1-17(8-6-12(18)19)13(20)16-7-5-9-10(14)3-2-4-11(9)15/h2-4H,5-8H2,1H3,(H,16,20)(H,18,19). The number of aliphatic carboxylic acids is 1. The minimum atomic E-state index is -1.00. The van der Waals surface area contributed by atoms with Gasteiger partial charge in [0.25, 0.3) is 0 Å². The van der Waals surface area contributed by atoms with E-state index in [4.69, 9.17) is 5.11 Å². The van der Waals surface area contributed by atoms with Crippen LogP contribution in [0.4, 0.5) is 13.6 Å². The van der Waals surface area contributed by atoms with Gasteiger partial charge in [-0.05, 0) is 18.6 Å². The van der Waals surface area contributed by atoms with Crippen LogP contribution in [0.1, 0.15) is 12.0 Å². The maximum Gasteiger partial charge on any atom is 0.317 e. The Morgan fingerprint density at radius 3 is 2.45 bits per heavy atom. The number of halogens is 2. The van der Waals surface area contributed by atoms with Crippen LogP contribution in [0, 0.1) is 11.6 Å². The van der Waals surface area contributed by atoms with Crippen molar-refractivity contribution in [3.8, 4) is 0 Å². The predicted molar refractivity (Wildman–Crippen MR) is 68.3 cm³/mol. The summed E-state index contributed by atoms with van der Waals surface area (Å²) in [5.41, 5.74) is -0.0824. The van der Waals surface area contributed by atoms with Gasteiger partial charge in [-0.15, -0.1) is 0 Å². The highest BCUT2D eigenvalue weighted by Crippen LogP contribution is 2.11. The molecule has 0 saturated heterocycles. The van der Waals surface area contributed by atoms with Gasteiger partial charge in [0, 0.05) is 25.7 Å². The quantitative estimate of drug-likeness (QED) is 0.835. The molecule has 2 N–H and O–H groups in total. The molecular weight excluding hydrogens is 270 g/mol. The Bertz CT molecular complexity index is 474. The summed E-state index contributed by atoms with van der Waals surface area (Å²) in [5.74, 6) is -2.31. The average molecular weight is 286 g/mol. The maximum absolute atomic E-state index is 13.3. The van der Waals surface area contributed by atoms with Crippen molar-refractivity contribution in [2.75, 3.05) is 20.1 Å². The van der Waals surface area contributed by atoms with Crippen LogP contribution in [0.2, 0.25) is 0 Å². The molecule has 0 heterocycles. The van der Waals surface area contributed by atoms with Crippen LogP contribution in [0.15, 0.2) is 18.2 Å². The summed E-state index contributed by atoms with van der Waals surface area (Å²) in [6, 6.07) is 3.09. The number of carboxylic acids is 1. The van der Waals surface area contributed by atoms with Crippen molar-refractivity contribution in [3.05, 3.63) is 35.4 Å². The average Bonchev–Trinajstić information content (AvgIpc) is 2.39. The molecular formula is C13H16F2N2O3. The Morgan fingerprint density at radius 1 is 1.30 bits per heavy atom. The first-order chi connectivity index (χ1) is 9.41. The number of hydrogen-bond acceptors (Lipinski definition) is 2. The van der Waals surface area contributed by atoms with Gasteiger partial charge in [0.15, 0.2) is 0 Å². The highest BCUT2D eigenvalue weighted by atomic mass is 19.1. The highest BCUT2D eigenvalue weighted by Gasteiger charge is 2.11. The Hall–Kier alpha value is -2.18. The van der Waals surface area contributed by atoms with Crippen LogP contribution in [0.25, 0.3) is 0 Å². The normalized spacial score (nSPS) is 10.2. The molecule has 0 fully saturated rings. The van der Waals surface area contributed by atoms with Crippen LogP contribution in [0.3, 0.4) is 0 Å². The molecule has 2 amide bonds. The number of carbonyl (C=O) groups is 2. The zero-order chi connectivity index (χ0) is 15.1. The highest BCUT2D eigenvalue weighted by molar-refractivity contribution is 5.74. The fourth-order valence-electron chi connectivity index (χ4n) is 1.57. The number of carboxylic acid groups (broad SMARTS) is 1. The van der Waals surface area contributed by atoms with Gasteiger partial charge in [-0.1, -0.05) is 6.07 Å². The number of benzene rings is 1. The maximum atomic E-state index is 13.3. The lowest BCUT2D eigenvalue weighted by atomic mass is 10.1. The van der Waals surface area contributed by atoms with Gasteiger partial charge in [-0.3, -0.25) is 4.79 Å². The second kappa shape index (κ2) is 7.42. The number of hydrogen-bond donors (Lipinski definition) is 2. The fourth-order valence-corrected chi connectivity index (χ4v) is 1.57. The third-order valence-electron chi connectivity index (χ3n) is 2.72.